The molecular weight excluding hydrogens is 327 g/mol. The highest BCUT2D eigenvalue weighted by molar-refractivity contribution is 6.30. The molecule has 2 N–H and O–H groups in total. The number of hydrogen-bond donors (Lipinski definition) is 2. The summed E-state index contributed by atoms with van der Waals surface area (Å²) in [7, 11) is 0. The van der Waals surface area contributed by atoms with Crippen molar-refractivity contribution in [3.8, 4) is 0 Å². The van der Waals surface area contributed by atoms with Gasteiger partial charge in [-0.25, -0.2) is 0 Å². The van der Waals surface area contributed by atoms with Gasteiger partial charge in [-0.3, -0.25) is 14.5 Å². The second kappa shape index (κ2) is 8.36. The molecule has 0 spiro atoms. The number of carboxylic acids is 1. The van der Waals surface area contributed by atoms with Crippen molar-refractivity contribution in [3.05, 3.63) is 34.9 Å². The maximum absolute atomic E-state index is 12.1. The SMILES string of the molecule is CC(C(=O)NCc1ccc(Cl)cc1)N1CCC(C(=O)O)C1.Cl. The fraction of sp³-hybridized carbons (Fsp3) is 0.467. The Morgan fingerprint density at radius 1 is 1.41 bits per heavy atom. The van der Waals surface area contributed by atoms with Crippen LogP contribution in [0.15, 0.2) is 24.3 Å². The second-order valence-corrected chi connectivity index (χ2v) is 5.78. The van der Waals surface area contributed by atoms with Gasteiger partial charge in [-0.2, -0.15) is 0 Å². The maximum Gasteiger partial charge on any atom is 0.307 e. The summed E-state index contributed by atoms with van der Waals surface area (Å²) in [6.45, 7) is 3.33. The molecule has 0 bridgehead atoms. The smallest absolute Gasteiger partial charge is 0.307 e. The van der Waals surface area contributed by atoms with Gasteiger partial charge in [-0.1, -0.05) is 23.7 Å². The largest absolute Gasteiger partial charge is 0.481 e. The van der Waals surface area contributed by atoms with Crippen molar-refractivity contribution in [2.24, 2.45) is 5.92 Å². The summed E-state index contributed by atoms with van der Waals surface area (Å²) in [4.78, 5) is 25.0. The minimum absolute atomic E-state index is 0. The van der Waals surface area contributed by atoms with E-state index in [-0.39, 0.29) is 30.3 Å². The molecule has 2 atom stereocenters. The highest BCUT2D eigenvalue weighted by Crippen LogP contribution is 2.19. The van der Waals surface area contributed by atoms with E-state index < -0.39 is 5.97 Å². The van der Waals surface area contributed by atoms with Gasteiger partial charge in [0.1, 0.15) is 0 Å². The van der Waals surface area contributed by atoms with Crippen molar-refractivity contribution >= 4 is 35.9 Å². The van der Waals surface area contributed by atoms with Crippen LogP contribution in [-0.4, -0.2) is 41.0 Å². The lowest BCUT2D eigenvalue weighted by molar-refractivity contribution is -0.141. The topological polar surface area (TPSA) is 69.6 Å². The van der Waals surface area contributed by atoms with E-state index >= 15 is 0 Å². The normalized spacial score (nSPS) is 19.3. The standard InChI is InChI=1S/C15H19ClN2O3.ClH/c1-10(18-7-6-12(9-18)15(20)21)14(19)17-8-11-2-4-13(16)5-3-11;/h2-5,10,12H,6-9H2,1H3,(H,17,19)(H,20,21);1H. The third-order valence-corrected chi connectivity index (χ3v) is 4.13. The minimum atomic E-state index is -0.786. The molecule has 1 saturated heterocycles. The first-order valence-corrected chi connectivity index (χ1v) is 7.34. The molecule has 22 heavy (non-hydrogen) atoms. The predicted octanol–water partition coefficient (Wildman–Crippen LogP) is 2.17. The Labute approximate surface area is 141 Å². The van der Waals surface area contributed by atoms with E-state index in [4.69, 9.17) is 16.7 Å². The van der Waals surface area contributed by atoms with Gasteiger partial charge in [-0.05, 0) is 37.6 Å². The second-order valence-electron chi connectivity index (χ2n) is 5.34. The number of aliphatic carboxylic acids is 1. The average molecular weight is 347 g/mol. The van der Waals surface area contributed by atoms with Crippen LogP contribution < -0.4 is 5.32 Å². The first kappa shape index (κ1) is 18.7. The zero-order valence-corrected chi connectivity index (χ0v) is 13.9. The molecule has 0 radical (unpaired) electrons. The lowest BCUT2D eigenvalue weighted by Gasteiger charge is -2.23. The van der Waals surface area contributed by atoms with Gasteiger partial charge < -0.3 is 10.4 Å². The molecule has 0 saturated carbocycles. The van der Waals surface area contributed by atoms with E-state index in [1.54, 1.807) is 19.1 Å². The van der Waals surface area contributed by atoms with Crippen molar-refractivity contribution in [2.45, 2.75) is 25.9 Å². The lowest BCUT2D eigenvalue weighted by atomic mass is 10.1. The molecule has 1 aromatic rings. The maximum atomic E-state index is 12.1. The number of halogens is 2. The Bertz CT molecular complexity index is 522. The van der Waals surface area contributed by atoms with Gasteiger partial charge in [0.05, 0.1) is 12.0 Å². The molecule has 1 amide bonds. The van der Waals surface area contributed by atoms with E-state index in [1.165, 1.54) is 0 Å². The summed E-state index contributed by atoms with van der Waals surface area (Å²) >= 11 is 5.81. The molecule has 7 heteroatoms. The number of hydrogen-bond acceptors (Lipinski definition) is 3. The zero-order chi connectivity index (χ0) is 15.4. The van der Waals surface area contributed by atoms with Gasteiger partial charge in [-0.15, -0.1) is 12.4 Å². The van der Waals surface area contributed by atoms with Gasteiger partial charge in [0.2, 0.25) is 5.91 Å². The average Bonchev–Trinajstić information content (AvgIpc) is 2.95. The van der Waals surface area contributed by atoms with Crippen LogP contribution in [0.1, 0.15) is 18.9 Å². The van der Waals surface area contributed by atoms with Crippen LogP contribution >= 0.6 is 24.0 Å². The summed E-state index contributed by atoms with van der Waals surface area (Å²) in [5, 5.41) is 12.5. The molecule has 5 nitrogen and oxygen atoms in total. The number of amides is 1. The molecule has 1 aliphatic rings. The number of nitrogens with one attached hydrogen (secondary N) is 1. The van der Waals surface area contributed by atoms with Crippen LogP contribution in [-0.2, 0) is 16.1 Å². The van der Waals surface area contributed by atoms with Crippen LogP contribution in [0, 0.1) is 5.92 Å². The van der Waals surface area contributed by atoms with Crippen molar-refractivity contribution in [3.63, 3.8) is 0 Å². The van der Waals surface area contributed by atoms with Crippen LogP contribution in [0.25, 0.3) is 0 Å². The van der Waals surface area contributed by atoms with Gasteiger partial charge in [0, 0.05) is 18.1 Å². The summed E-state index contributed by atoms with van der Waals surface area (Å²) in [5.41, 5.74) is 0.977. The predicted molar refractivity (Wildman–Crippen MR) is 87.3 cm³/mol. The van der Waals surface area contributed by atoms with Gasteiger partial charge >= 0.3 is 5.97 Å². The Morgan fingerprint density at radius 2 is 2.05 bits per heavy atom. The molecule has 1 heterocycles. The van der Waals surface area contributed by atoms with E-state index in [0.717, 1.165) is 5.56 Å². The first-order valence-electron chi connectivity index (χ1n) is 6.96. The number of benzene rings is 1. The van der Waals surface area contributed by atoms with Crippen LogP contribution in [0.4, 0.5) is 0 Å². The van der Waals surface area contributed by atoms with Gasteiger partial charge in [0.25, 0.3) is 0 Å². The molecule has 1 fully saturated rings. The molecular formula is C15H20Cl2N2O3. The van der Waals surface area contributed by atoms with E-state index in [2.05, 4.69) is 5.32 Å². The molecule has 1 aromatic carbocycles. The van der Waals surface area contributed by atoms with Crippen LogP contribution in [0.5, 0.6) is 0 Å². The summed E-state index contributed by atoms with van der Waals surface area (Å²) in [5.74, 6) is -1.24. The van der Waals surface area contributed by atoms with E-state index in [1.807, 2.05) is 17.0 Å². The van der Waals surface area contributed by atoms with Crippen molar-refractivity contribution in [1.29, 1.82) is 0 Å². The Hall–Kier alpha value is -1.30. The number of rotatable bonds is 5. The highest BCUT2D eigenvalue weighted by atomic mass is 35.5. The number of likely N-dealkylation sites (tertiary alicyclic amines) is 1. The quantitative estimate of drug-likeness (QED) is 0.857. The Balaban J connectivity index is 0.00000242. The molecule has 0 aliphatic carbocycles. The number of carbonyl (C=O) groups excluding carboxylic acids is 1. The monoisotopic (exact) mass is 346 g/mol. The minimum Gasteiger partial charge on any atom is -0.481 e. The number of carboxylic acid groups (broad SMARTS) is 1. The lowest BCUT2D eigenvalue weighted by Crippen LogP contribution is -2.44. The third kappa shape index (κ3) is 4.87. The summed E-state index contributed by atoms with van der Waals surface area (Å²) in [6, 6.07) is 6.98. The fourth-order valence-corrected chi connectivity index (χ4v) is 2.57. The number of carbonyl (C=O) groups is 2. The zero-order valence-electron chi connectivity index (χ0n) is 12.3. The van der Waals surface area contributed by atoms with Gasteiger partial charge in [0.15, 0.2) is 0 Å². The molecule has 1 aliphatic heterocycles. The molecule has 0 aromatic heterocycles. The summed E-state index contributed by atoms with van der Waals surface area (Å²) < 4.78 is 0. The molecule has 122 valence electrons. The summed E-state index contributed by atoms with van der Waals surface area (Å²) in [6.07, 6.45) is 0.601. The fourth-order valence-electron chi connectivity index (χ4n) is 2.45. The van der Waals surface area contributed by atoms with Crippen molar-refractivity contribution in [1.82, 2.24) is 10.2 Å². The number of nitrogens with zero attached hydrogens (tertiary/aromatic N) is 1. The van der Waals surface area contributed by atoms with E-state index in [9.17, 15) is 9.59 Å². The van der Waals surface area contributed by atoms with Crippen LogP contribution in [0.2, 0.25) is 5.02 Å². The third-order valence-electron chi connectivity index (χ3n) is 3.88. The highest BCUT2D eigenvalue weighted by Gasteiger charge is 2.32. The Kier molecular flexibility index (Phi) is 7.13. The molecule has 2 rings (SSSR count). The first-order chi connectivity index (χ1) is 9.97. The molecule has 2 unspecified atom stereocenters. The van der Waals surface area contributed by atoms with Crippen LogP contribution in [0.3, 0.4) is 0 Å². The van der Waals surface area contributed by atoms with Crippen molar-refractivity contribution < 1.29 is 14.7 Å². The van der Waals surface area contributed by atoms with E-state index in [0.29, 0.717) is 31.1 Å². The van der Waals surface area contributed by atoms with Crippen molar-refractivity contribution in [2.75, 3.05) is 13.1 Å². The Morgan fingerprint density at radius 3 is 2.59 bits per heavy atom.